The first-order valence-electron chi connectivity index (χ1n) is 7.40. The highest BCUT2D eigenvalue weighted by atomic mass is 35.5. The second-order valence-electron chi connectivity index (χ2n) is 6.04. The van der Waals surface area contributed by atoms with E-state index in [1.54, 1.807) is 0 Å². The van der Waals surface area contributed by atoms with Crippen molar-refractivity contribution >= 4 is 52.9 Å². The number of halogens is 3. The molecule has 1 aromatic rings. The summed E-state index contributed by atoms with van der Waals surface area (Å²) >= 11 is 13.4. The largest absolute Gasteiger partial charge is 0.356 e. The number of thiophene rings is 1. The molecule has 0 bridgehead atoms. The van der Waals surface area contributed by atoms with E-state index in [2.05, 4.69) is 17.6 Å². The number of hydrogen-bond donors (Lipinski definition) is 2. The number of rotatable bonds is 6. The van der Waals surface area contributed by atoms with Crippen LogP contribution < -0.4 is 10.6 Å². The van der Waals surface area contributed by atoms with E-state index in [0.29, 0.717) is 10.8 Å². The zero-order valence-electron chi connectivity index (χ0n) is 12.7. The summed E-state index contributed by atoms with van der Waals surface area (Å²) < 4.78 is 1.45. The van der Waals surface area contributed by atoms with Crippen LogP contribution in [0.1, 0.15) is 38.2 Å². The summed E-state index contributed by atoms with van der Waals surface area (Å²) in [6.07, 6.45) is 4.39. The second kappa shape index (κ2) is 9.33. The Bertz CT molecular complexity index is 487. The Morgan fingerprint density at radius 2 is 2.09 bits per heavy atom. The van der Waals surface area contributed by atoms with Crippen LogP contribution in [0.3, 0.4) is 0 Å². The molecule has 1 aliphatic heterocycles. The normalized spacial score (nSPS) is 16.9. The number of carbonyl (C=O) groups excluding carboxylic acids is 1. The van der Waals surface area contributed by atoms with Crippen LogP contribution in [0.2, 0.25) is 8.67 Å². The van der Waals surface area contributed by atoms with Crippen molar-refractivity contribution in [1.29, 1.82) is 0 Å². The van der Waals surface area contributed by atoms with Crippen molar-refractivity contribution in [2.45, 2.75) is 39.0 Å². The first-order valence-corrected chi connectivity index (χ1v) is 8.97. The fourth-order valence-electron chi connectivity index (χ4n) is 2.59. The maximum Gasteiger partial charge on any atom is 0.220 e. The van der Waals surface area contributed by atoms with Crippen molar-refractivity contribution in [1.82, 2.24) is 10.6 Å². The molecular weight excluding hydrogens is 363 g/mol. The third-order valence-electron chi connectivity index (χ3n) is 4.10. The average molecular weight is 386 g/mol. The molecule has 0 aromatic carbocycles. The Kier molecular flexibility index (Phi) is 8.50. The van der Waals surface area contributed by atoms with Crippen molar-refractivity contribution in [3.05, 3.63) is 20.3 Å². The quantitative estimate of drug-likeness (QED) is 0.766. The molecule has 1 amide bonds. The summed E-state index contributed by atoms with van der Waals surface area (Å²) in [6.45, 7) is 5.12. The highest BCUT2D eigenvalue weighted by molar-refractivity contribution is 7.20. The lowest BCUT2D eigenvalue weighted by atomic mass is 9.81. The number of nitrogens with one attached hydrogen (secondary N) is 2. The monoisotopic (exact) mass is 384 g/mol. The van der Waals surface area contributed by atoms with E-state index in [9.17, 15) is 4.79 Å². The van der Waals surface area contributed by atoms with Gasteiger partial charge in [-0.2, -0.15) is 0 Å². The van der Waals surface area contributed by atoms with Crippen molar-refractivity contribution in [2.24, 2.45) is 5.41 Å². The summed E-state index contributed by atoms with van der Waals surface area (Å²) in [5, 5.41) is 6.43. The molecule has 2 rings (SSSR count). The number of hydrogen-bond acceptors (Lipinski definition) is 3. The predicted molar refractivity (Wildman–Crippen MR) is 97.7 cm³/mol. The van der Waals surface area contributed by atoms with Crippen LogP contribution in [0.25, 0.3) is 0 Å². The van der Waals surface area contributed by atoms with Gasteiger partial charge in [-0.05, 0) is 55.8 Å². The van der Waals surface area contributed by atoms with E-state index in [1.807, 2.05) is 6.07 Å². The molecule has 22 heavy (non-hydrogen) atoms. The van der Waals surface area contributed by atoms with Crippen molar-refractivity contribution < 1.29 is 4.79 Å². The van der Waals surface area contributed by atoms with Gasteiger partial charge in [0, 0.05) is 13.0 Å². The third-order valence-corrected chi connectivity index (χ3v) is 5.67. The minimum absolute atomic E-state index is 0. The lowest BCUT2D eigenvalue weighted by Gasteiger charge is -2.34. The van der Waals surface area contributed by atoms with Gasteiger partial charge in [0.05, 0.1) is 8.67 Å². The maximum atomic E-state index is 11.9. The van der Waals surface area contributed by atoms with Crippen LogP contribution in [0.5, 0.6) is 0 Å². The molecule has 0 saturated carbocycles. The van der Waals surface area contributed by atoms with E-state index >= 15 is 0 Å². The zero-order valence-corrected chi connectivity index (χ0v) is 15.9. The van der Waals surface area contributed by atoms with Gasteiger partial charge in [0.2, 0.25) is 5.91 Å². The second-order valence-corrected chi connectivity index (χ2v) is 8.33. The molecule has 0 radical (unpaired) electrons. The Morgan fingerprint density at radius 3 is 2.68 bits per heavy atom. The summed E-state index contributed by atoms with van der Waals surface area (Å²) in [5.41, 5.74) is 1.29. The SMILES string of the molecule is CC1(CNC(=O)CCCc2cc(Cl)sc2Cl)CCNCC1.Cl. The van der Waals surface area contributed by atoms with E-state index < -0.39 is 0 Å². The van der Waals surface area contributed by atoms with Crippen LogP contribution in [0.4, 0.5) is 0 Å². The molecule has 2 heterocycles. The lowest BCUT2D eigenvalue weighted by Crippen LogP contribution is -2.42. The first-order chi connectivity index (χ1) is 9.98. The van der Waals surface area contributed by atoms with Gasteiger partial charge in [-0.3, -0.25) is 4.79 Å². The molecule has 0 atom stereocenters. The molecule has 2 N–H and O–H groups in total. The molecule has 0 spiro atoms. The van der Waals surface area contributed by atoms with Crippen molar-refractivity contribution in [2.75, 3.05) is 19.6 Å². The van der Waals surface area contributed by atoms with Crippen LogP contribution >= 0.6 is 46.9 Å². The fourth-order valence-corrected chi connectivity index (χ4v) is 4.14. The summed E-state index contributed by atoms with van der Waals surface area (Å²) in [7, 11) is 0. The molecule has 1 aromatic heterocycles. The van der Waals surface area contributed by atoms with Crippen LogP contribution in [0.15, 0.2) is 6.07 Å². The molecular formula is C15H23Cl3N2OS. The molecule has 3 nitrogen and oxygen atoms in total. The van der Waals surface area contributed by atoms with Crippen LogP contribution in [-0.4, -0.2) is 25.5 Å². The Labute approximate surface area is 152 Å². The zero-order chi connectivity index (χ0) is 15.3. The van der Waals surface area contributed by atoms with Gasteiger partial charge in [-0.25, -0.2) is 0 Å². The van der Waals surface area contributed by atoms with Gasteiger partial charge in [0.1, 0.15) is 0 Å². The number of carbonyl (C=O) groups is 1. The molecule has 1 aliphatic rings. The highest BCUT2D eigenvalue weighted by Crippen LogP contribution is 2.32. The summed E-state index contributed by atoms with van der Waals surface area (Å²) in [4.78, 5) is 11.9. The number of aryl methyl sites for hydroxylation is 1. The fraction of sp³-hybridized carbons (Fsp3) is 0.667. The summed E-state index contributed by atoms with van der Waals surface area (Å²) in [5.74, 6) is 0.132. The summed E-state index contributed by atoms with van der Waals surface area (Å²) in [6, 6.07) is 1.89. The molecule has 7 heteroatoms. The van der Waals surface area contributed by atoms with Gasteiger partial charge in [-0.1, -0.05) is 30.1 Å². The molecule has 1 saturated heterocycles. The van der Waals surface area contributed by atoms with Crippen LogP contribution in [-0.2, 0) is 11.2 Å². The van der Waals surface area contributed by atoms with E-state index in [0.717, 1.165) is 55.2 Å². The third kappa shape index (κ3) is 6.25. The molecule has 1 fully saturated rings. The smallest absolute Gasteiger partial charge is 0.220 e. The standard InChI is InChI=1S/C15H22Cl2N2OS.ClH/c1-15(5-7-18-8-6-15)10-19-13(20)4-2-3-11-9-12(16)21-14(11)17;/h9,18H,2-8,10H2,1H3,(H,19,20);1H. The van der Waals surface area contributed by atoms with E-state index in [-0.39, 0.29) is 23.7 Å². The topological polar surface area (TPSA) is 41.1 Å². The van der Waals surface area contributed by atoms with E-state index in [1.165, 1.54) is 11.3 Å². The molecule has 0 aliphatic carbocycles. The minimum atomic E-state index is 0. The van der Waals surface area contributed by atoms with Gasteiger partial charge < -0.3 is 10.6 Å². The average Bonchev–Trinajstić information content (AvgIpc) is 2.76. The van der Waals surface area contributed by atoms with Crippen molar-refractivity contribution in [3.8, 4) is 0 Å². The van der Waals surface area contributed by atoms with Gasteiger partial charge >= 0.3 is 0 Å². The van der Waals surface area contributed by atoms with Crippen molar-refractivity contribution in [3.63, 3.8) is 0 Å². The Balaban J connectivity index is 0.00000242. The molecule has 0 unspecified atom stereocenters. The number of amides is 1. The lowest BCUT2D eigenvalue weighted by molar-refractivity contribution is -0.121. The van der Waals surface area contributed by atoms with Gasteiger partial charge in [0.25, 0.3) is 0 Å². The van der Waals surface area contributed by atoms with Gasteiger partial charge in [0.15, 0.2) is 0 Å². The minimum Gasteiger partial charge on any atom is -0.356 e. The van der Waals surface area contributed by atoms with Gasteiger partial charge in [-0.15, -0.1) is 23.7 Å². The van der Waals surface area contributed by atoms with E-state index in [4.69, 9.17) is 23.2 Å². The highest BCUT2D eigenvalue weighted by Gasteiger charge is 2.26. The number of piperidine rings is 1. The predicted octanol–water partition coefficient (Wildman–Crippen LogP) is 4.31. The first kappa shape index (κ1) is 20.0. The maximum absolute atomic E-state index is 11.9. The Hall–Kier alpha value is -0.000000000000000167. The Morgan fingerprint density at radius 1 is 1.41 bits per heavy atom. The molecule has 126 valence electrons. The van der Waals surface area contributed by atoms with Crippen LogP contribution in [0, 0.1) is 5.41 Å².